The van der Waals surface area contributed by atoms with Gasteiger partial charge >= 0.3 is 5.97 Å². The van der Waals surface area contributed by atoms with Crippen LogP contribution in [0.3, 0.4) is 0 Å². The summed E-state index contributed by atoms with van der Waals surface area (Å²) in [5.74, 6) is -2.04. The van der Waals surface area contributed by atoms with Gasteiger partial charge in [0.2, 0.25) is 17.7 Å². The van der Waals surface area contributed by atoms with Crippen molar-refractivity contribution in [1.29, 1.82) is 0 Å². The van der Waals surface area contributed by atoms with Gasteiger partial charge < -0.3 is 37.4 Å². The Morgan fingerprint density at radius 2 is 1.68 bits per heavy atom. The van der Waals surface area contributed by atoms with Crippen LogP contribution in [0.15, 0.2) is 4.99 Å². The molecule has 12 heteroatoms. The molecular weight excluding hydrogens is 442 g/mol. The molecule has 0 aliphatic carbocycles. The van der Waals surface area contributed by atoms with Crippen molar-refractivity contribution in [3.8, 4) is 0 Å². The highest BCUT2D eigenvalue weighted by atomic mass is 16.4. The largest absolute Gasteiger partial charge is 0.480 e. The molecule has 0 aromatic rings. The molecule has 0 spiro atoms. The SMILES string of the molecule is CC(C)CC(N)C(=O)NC(CCCN=C(N)N)C(=O)N1CCCC1C(=O)N1CCCC1C(=O)O. The van der Waals surface area contributed by atoms with Gasteiger partial charge in [-0.3, -0.25) is 19.4 Å². The minimum Gasteiger partial charge on any atom is -0.480 e. The van der Waals surface area contributed by atoms with Gasteiger partial charge in [0.05, 0.1) is 6.04 Å². The highest BCUT2D eigenvalue weighted by Crippen LogP contribution is 2.26. The highest BCUT2D eigenvalue weighted by Gasteiger charge is 2.43. The third-order valence-corrected chi connectivity index (χ3v) is 6.26. The molecule has 4 atom stereocenters. The second-order valence-electron chi connectivity index (χ2n) is 9.46. The lowest BCUT2D eigenvalue weighted by Crippen LogP contribution is -2.56. The van der Waals surface area contributed by atoms with E-state index in [1.807, 2.05) is 13.8 Å². The number of hydrogen-bond acceptors (Lipinski definition) is 6. The first kappa shape index (κ1) is 27.4. The first-order chi connectivity index (χ1) is 16.0. The van der Waals surface area contributed by atoms with Crippen LogP contribution in [0.25, 0.3) is 0 Å². The first-order valence-electron chi connectivity index (χ1n) is 12.0. The third-order valence-electron chi connectivity index (χ3n) is 6.26. The number of rotatable bonds is 11. The van der Waals surface area contributed by atoms with Crippen LogP contribution in [-0.2, 0) is 19.2 Å². The molecule has 0 aromatic carbocycles. The Balaban J connectivity index is 2.15. The van der Waals surface area contributed by atoms with Crippen molar-refractivity contribution in [2.75, 3.05) is 19.6 Å². The Hall–Kier alpha value is -2.89. The number of hydrogen-bond donors (Lipinski definition) is 5. The maximum atomic E-state index is 13.5. The topological polar surface area (TPSA) is 197 Å². The number of nitrogens with one attached hydrogen (secondary N) is 1. The lowest BCUT2D eigenvalue weighted by molar-refractivity contribution is -0.152. The number of likely N-dealkylation sites (tertiary alicyclic amines) is 2. The minimum absolute atomic E-state index is 0.0605. The van der Waals surface area contributed by atoms with E-state index in [0.717, 1.165) is 0 Å². The molecule has 0 bridgehead atoms. The van der Waals surface area contributed by atoms with E-state index in [4.69, 9.17) is 17.2 Å². The van der Waals surface area contributed by atoms with Crippen LogP contribution in [0.5, 0.6) is 0 Å². The lowest BCUT2D eigenvalue weighted by atomic mass is 10.0. The van der Waals surface area contributed by atoms with Gasteiger partial charge in [0, 0.05) is 19.6 Å². The first-order valence-corrected chi connectivity index (χ1v) is 12.0. The molecule has 2 heterocycles. The number of carbonyl (C=O) groups is 4. The molecule has 2 rings (SSSR count). The Morgan fingerprint density at radius 1 is 1.06 bits per heavy atom. The average Bonchev–Trinajstić information content (AvgIpc) is 3.44. The predicted octanol–water partition coefficient (Wildman–Crippen LogP) is -1.04. The Bertz CT molecular complexity index is 784. The molecule has 0 aromatic heterocycles. The summed E-state index contributed by atoms with van der Waals surface area (Å²) in [6.45, 7) is 4.91. The van der Waals surface area contributed by atoms with Gasteiger partial charge in [-0.2, -0.15) is 0 Å². The van der Waals surface area contributed by atoms with Gasteiger partial charge in [0.15, 0.2) is 5.96 Å². The molecule has 0 radical (unpaired) electrons. The maximum Gasteiger partial charge on any atom is 0.326 e. The van der Waals surface area contributed by atoms with Gasteiger partial charge in [-0.1, -0.05) is 13.8 Å². The van der Waals surface area contributed by atoms with Gasteiger partial charge in [-0.05, 0) is 50.9 Å². The maximum absolute atomic E-state index is 13.5. The van der Waals surface area contributed by atoms with E-state index in [0.29, 0.717) is 51.6 Å². The molecule has 8 N–H and O–H groups in total. The Morgan fingerprint density at radius 3 is 2.26 bits per heavy atom. The Kier molecular flexibility index (Phi) is 10.1. The van der Waals surface area contributed by atoms with Crippen LogP contribution in [-0.4, -0.2) is 88.4 Å². The van der Waals surface area contributed by atoms with Crippen molar-refractivity contribution in [3.05, 3.63) is 0 Å². The average molecular weight is 482 g/mol. The number of aliphatic imine (C=N–C) groups is 1. The van der Waals surface area contributed by atoms with Crippen LogP contribution < -0.4 is 22.5 Å². The number of nitrogens with two attached hydrogens (primary N) is 3. The molecule has 2 saturated heterocycles. The fourth-order valence-electron chi connectivity index (χ4n) is 4.62. The van der Waals surface area contributed by atoms with E-state index in [1.54, 1.807) is 0 Å². The van der Waals surface area contributed by atoms with Gasteiger partial charge in [-0.15, -0.1) is 0 Å². The number of guanidine groups is 1. The summed E-state index contributed by atoms with van der Waals surface area (Å²) in [6.07, 6.45) is 3.27. The highest BCUT2D eigenvalue weighted by molar-refractivity contribution is 5.94. The summed E-state index contributed by atoms with van der Waals surface area (Å²) in [4.78, 5) is 57.7. The van der Waals surface area contributed by atoms with Gasteiger partial charge in [-0.25, -0.2) is 4.79 Å². The summed E-state index contributed by atoms with van der Waals surface area (Å²) >= 11 is 0. The van der Waals surface area contributed by atoms with Crippen LogP contribution in [0, 0.1) is 5.92 Å². The second-order valence-corrected chi connectivity index (χ2v) is 9.46. The zero-order valence-electron chi connectivity index (χ0n) is 20.1. The summed E-state index contributed by atoms with van der Waals surface area (Å²) in [5, 5.41) is 12.2. The van der Waals surface area contributed by atoms with E-state index in [1.165, 1.54) is 9.80 Å². The van der Waals surface area contributed by atoms with Crippen molar-refractivity contribution in [1.82, 2.24) is 15.1 Å². The molecule has 34 heavy (non-hydrogen) atoms. The van der Waals surface area contributed by atoms with Crippen molar-refractivity contribution in [2.24, 2.45) is 28.1 Å². The van der Waals surface area contributed by atoms with E-state index >= 15 is 0 Å². The van der Waals surface area contributed by atoms with Crippen LogP contribution in [0.1, 0.15) is 58.8 Å². The molecule has 12 nitrogen and oxygen atoms in total. The molecule has 2 aliphatic rings. The number of aliphatic carboxylic acids is 1. The van der Waals surface area contributed by atoms with Crippen molar-refractivity contribution < 1.29 is 24.3 Å². The van der Waals surface area contributed by atoms with E-state index < -0.39 is 36.0 Å². The Labute approximate surface area is 200 Å². The second kappa shape index (κ2) is 12.5. The third kappa shape index (κ3) is 7.31. The zero-order valence-corrected chi connectivity index (χ0v) is 20.1. The van der Waals surface area contributed by atoms with Gasteiger partial charge in [0.25, 0.3) is 0 Å². The number of nitrogens with zero attached hydrogens (tertiary/aromatic N) is 3. The fourth-order valence-corrected chi connectivity index (χ4v) is 4.62. The van der Waals surface area contributed by atoms with E-state index in [-0.39, 0.29) is 36.7 Å². The number of carboxylic acids is 1. The summed E-state index contributed by atoms with van der Waals surface area (Å²) < 4.78 is 0. The molecule has 4 unspecified atom stereocenters. The van der Waals surface area contributed by atoms with Crippen LogP contribution in [0.2, 0.25) is 0 Å². The molecule has 2 fully saturated rings. The zero-order chi connectivity index (χ0) is 25.4. The summed E-state index contributed by atoms with van der Waals surface area (Å²) in [5.41, 5.74) is 16.7. The van der Waals surface area contributed by atoms with E-state index in [9.17, 15) is 24.3 Å². The van der Waals surface area contributed by atoms with Crippen molar-refractivity contribution >= 4 is 29.7 Å². The van der Waals surface area contributed by atoms with Crippen molar-refractivity contribution in [2.45, 2.75) is 83.0 Å². The molecule has 192 valence electrons. The molecule has 3 amide bonds. The number of amides is 3. The summed E-state index contributed by atoms with van der Waals surface area (Å²) in [6, 6.07) is -3.25. The van der Waals surface area contributed by atoms with Crippen molar-refractivity contribution in [3.63, 3.8) is 0 Å². The fraction of sp³-hybridized carbons (Fsp3) is 0.773. The molecular formula is C22H39N7O5. The molecule has 2 aliphatic heterocycles. The molecule has 0 saturated carbocycles. The number of carboxylic acid groups (broad SMARTS) is 1. The standard InChI is InChI=1S/C22H39N7O5/c1-13(2)12-14(23)18(30)27-15(6-3-9-26-22(24)25)19(31)28-10-4-7-16(28)20(32)29-11-5-8-17(29)21(33)34/h13-17H,3-12,23H2,1-2H3,(H,27,30)(H,33,34)(H4,24,25,26). The van der Waals surface area contributed by atoms with Crippen LogP contribution in [0.4, 0.5) is 0 Å². The van der Waals surface area contributed by atoms with E-state index in [2.05, 4.69) is 10.3 Å². The van der Waals surface area contributed by atoms with Crippen LogP contribution >= 0.6 is 0 Å². The van der Waals surface area contributed by atoms with Gasteiger partial charge in [0.1, 0.15) is 18.1 Å². The smallest absolute Gasteiger partial charge is 0.326 e. The summed E-state index contributed by atoms with van der Waals surface area (Å²) in [7, 11) is 0. The predicted molar refractivity (Wildman–Crippen MR) is 126 cm³/mol. The number of carbonyl (C=O) groups excluding carboxylic acids is 3. The quantitative estimate of drug-likeness (QED) is 0.140. The lowest BCUT2D eigenvalue weighted by Gasteiger charge is -2.32. The minimum atomic E-state index is -1.04. The monoisotopic (exact) mass is 481 g/mol. The normalized spacial score (nSPS) is 21.9.